The Kier molecular flexibility index (Phi) is 5.57. The van der Waals surface area contributed by atoms with E-state index in [4.69, 9.17) is 15.3 Å². The van der Waals surface area contributed by atoms with Gasteiger partial charge in [0, 0.05) is 6.61 Å². The first-order valence-corrected chi connectivity index (χ1v) is 4.13. The van der Waals surface area contributed by atoms with Gasteiger partial charge in [-0.2, -0.15) is 0 Å². The van der Waals surface area contributed by atoms with Gasteiger partial charge in [-0.3, -0.25) is 0 Å². The maximum absolute atomic E-state index is 8.57. The van der Waals surface area contributed by atoms with Crippen LogP contribution in [0.5, 0.6) is 0 Å². The Morgan fingerprint density at radius 1 is 1.67 bits per heavy atom. The molecule has 0 fully saturated rings. The summed E-state index contributed by atoms with van der Waals surface area (Å²) in [5, 5.41) is 8.57. The Morgan fingerprint density at radius 3 is 2.75 bits per heavy atom. The Morgan fingerprint density at radius 2 is 2.33 bits per heavy atom. The number of hydrogen-bond acceptors (Lipinski definition) is 3. The molecule has 12 heavy (non-hydrogen) atoms. The predicted molar refractivity (Wildman–Crippen MR) is 52.3 cm³/mol. The maximum atomic E-state index is 8.57. The van der Waals surface area contributed by atoms with Crippen molar-refractivity contribution in [1.82, 2.24) is 0 Å². The van der Waals surface area contributed by atoms with Crippen LogP contribution in [0.1, 0.15) is 18.2 Å². The Balaban J connectivity index is 0.00000121. The topological polar surface area (TPSA) is 59.4 Å². The molecule has 1 heterocycles. The van der Waals surface area contributed by atoms with Gasteiger partial charge in [0.25, 0.3) is 0 Å². The van der Waals surface area contributed by atoms with Crippen molar-refractivity contribution in [3.63, 3.8) is 0 Å². The lowest BCUT2D eigenvalue weighted by Gasteiger charge is -2.04. The molecule has 1 aromatic heterocycles. The molecule has 0 aliphatic rings. The summed E-state index contributed by atoms with van der Waals surface area (Å²) in [7, 11) is 0. The number of aliphatic hydroxyl groups excluding tert-OH is 1. The molecule has 0 amide bonds. The first-order chi connectivity index (χ1) is 5.24. The molecule has 0 aliphatic carbocycles. The minimum Gasteiger partial charge on any atom is -0.466 e. The van der Waals surface area contributed by atoms with Crippen LogP contribution < -0.4 is 5.73 Å². The molecule has 1 atom stereocenters. The van der Waals surface area contributed by atoms with Crippen LogP contribution in [0, 0.1) is 0 Å². The van der Waals surface area contributed by atoms with Gasteiger partial charge in [0.1, 0.15) is 12.0 Å². The van der Waals surface area contributed by atoms with Gasteiger partial charge in [-0.1, -0.05) is 0 Å². The normalized spacial score (nSPS) is 12.2. The quantitative estimate of drug-likeness (QED) is 0.868. The molecule has 1 unspecified atom stereocenters. The summed E-state index contributed by atoms with van der Waals surface area (Å²) < 4.78 is 5.97. The highest BCUT2D eigenvalue weighted by Crippen LogP contribution is 2.20. The van der Waals surface area contributed by atoms with Gasteiger partial charge in [0.05, 0.1) is 10.5 Å². The van der Waals surface area contributed by atoms with E-state index in [1.807, 2.05) is 0 Å². The number of aliphatic hydroxyl groups is 1. The molecule has 5 heteroatoms. The highest BCUT2D eigenvalue weighted by atomic mass is 79.9. The number of rotatable bonds is 3. The lowest BCUT2D eigenvalue weighted by atomic mass is 10.2. The molecule has 0 saturated heterocycles. The molecule has 70 valence electrons. The number of hydrogen-bond donors (Lipinski definition) is 2. The van der Waals surface area contributed by atoms with Crippen molar-refractivity contribution in [3.05, 3.63) is 22.6 Å². The fourth-order valence-corrected chi connectivity index (χ4v) is 1.12. The third kappa shape index (κ3) is 3.15. The van der Waals surface area contributed by atoms with Crippen molar-refractivity contribution in [1.29, 1.82) is 0 Å². The van der Waals surface area contributed by atoms with Crippen molar-refractivity contribution in [3.8, 4) is 0 Å². The van der Waals surface area contributed by atoms with E-state index in [2.05, 4.69) is 15.9 Å². The second-order valence-electron chi connectivity index (χ2n) is 2.29. The summed E-state index contributed by atoms with van der Waals surface area (Å²) in [6.07, 6.45) is 2.10. The van der Waals surface area contributed by atoms with E-state index in [1.165, 1.54) is 0 Å². The fourth-order valence-electron chi connectivity index (χ4n) is 0.804. The van der Waals surface area contributed by atoms with Crippen LogP contribution in [0.25, 0.3) is 0 Å². The van der Waals surface area contributed by atoms with Crippen molar-refractivity contribution >= 4 is 28.3 Å². The van der Waals surface area contributed by atoms with Gasteiger partial charge in [-0.15, -0.1) is 12.4 Å². The Bertz CT molecular complexity index is 229. The first kappa shape index (κ1) is 12.0. The molecule has 0 bridgehead atoms. The minimum atomic E-state index is -0.203. The van der Waals surface area contributed by atoms with E-state index in [-0.39, 0.29) is 25.1 Å². The van der Waals surface area contributed by atoms with E-state index in [0.717, 1.165) is 4.47 Å². The van der Waals surface area contributed by atoms with Crippen LogP contribution in [0.2, 0.25) is 0 Å². The fraction of sp³-hybridized carbons (Fsp3) is 0.429. The molecule has 0 radical (unpaired) electrons. The summed E-state index contributed by atoms with van der Waals surface area (Å²) >= 11 is 3.24. The van der Waals surface area contributed by atoms with Crippen molar-refractivity contribution in [2.24, 2.45) is 5.73 Å². The van der Waals surface area contributed by atoms with Crippen LogP contribution in [-0.2, 0) is 0 Å². The molecule has 0 saturated carbocycles. The molecule has 1 aromatic rings. The summed E-state index contributed by atoms with van der Waals surface area (Å²) in [5.74, 6) is 0.700. The predicted octanol–water partition coefficient (Wildman–Crippen LogP) is 1.85. The average molecular weight is 257 g/mol. The lowest BCUT2D eigenvalue weighted by Crippen LogP contribution is -2.10. The van der Waals surface area contributed by atoms with Crippen molar-refractivity contribution in [2.75, 3.05) is 6.61 Å². The van der Waals surface area contributed by atoms with Gasteiger partial charge in [-0.25, -0.2) is 0 Å². The average Bonchev–Trinajstić information content (AvgIpc) is 2.36. The maximum Gasteiger partial charge on any atom is 0.121 e. The summed E-state index contributed by atoms with van der Waals surface area (Å²) in [6, 6.07) is 1.60. The van der Waals surface area contributed by atoms with Gasteiger partial charge in [0.15, 0.2) is 0 Å². The van der Waals surface area contributed by atoms with Crippen molar-refractivity contribution in [2.45, 2.75) is 12.5 Å². The molecule has 0 spiro atoms. The van der Waals surface area contributed by atoms with E-state index in [1.54, 1.807) is 12.3 Å². The van der Waals surface area contributed by atoms with Gasteiger partial charge >= 0.3 is 0 Å². The minimum absolute atomic E-state index is 0. The molecular formula is C7H11BrClNO2. The zero-order chi connectivity index (χ0) is 8.27. The highest BCUT2D eigenvalue weighted by Gasteiger charge is 2.08. The number of halogens is 2. The molecule has 1 rings (SSSR count). The highest BCUT2D eigenvalue weighted by molar-refractivity contribution is 9.10. The van der Waals surface area contributed by atoms with Gasteiger partial charge < -0.3 is 15.3 Å². The third-order valence-electron chi connectivity index (χ3n) is 1.39. The Labute approximate surface area is 85.5 Å². The van der Waals surface area contributed by atoms with E-state index < -0.39 is 0 Å². The van der Waals surface area contributed by atoms with Gasteiger partial charge in [-0.05, 0) is 28.4 Å². The second kappa shape index (κ2) is 5.59. The molecule has 3 N–H and O–H groups in total. The van der Waals surface area contributed by atoms with E-state index >= 15 is 0 Å². The SMILES string of the molecule is Cl.NC(CCO)c1cc(Br)co1. The summed E-state index contributed by atoms with van der Waals surface area (Å²) in [5.41, 5.74) is 5.64. The second-order valence-corrected chi connectivity index (χ2v) is 3.20. The zero-order valence-corrected chi connectivity index (χ0v) is 8.77. The lowest BCUT2D eigenvalue weighted by molar-refractivity contribution is 0.268. The largest absolute Gasteiger partial charge is 0.466 e. The molecule has 0 aromatic carbocycles. The van der Waals surface area contributed by atoms with Crippen LogP contribution in [-0.4, -0.2) is 11.7 Å². The molecular weight excluding hydrogens is 245 g/mol. The van der Waals surface area contributed by atoms with Gasteiger partial charge in [0.2, 0.25) is 0 Å². The number of nitrogens with two attached hydrogens (primary N) is 1. The molecule has 0 aliphatic heterocycles. The first-order valence-electron chi connectivity index (χ1n) is 3.34. The standard InChI is InChI=1S/C7H10BrNO2.ClH/c8-5-3-7(11-4-5)6(9)1-2-10;/h3-4,6,10H,1-2,9H2;1H. The summed E-state index contributed by atoms with van der Waals surface area (Å²) in [4.78, 5) is 0. The van der Waals surface area contributed by atoms with E-state index in [9.17, 15) is 0 Å². The summed E-state index contributed by atoms with van der Waals surface area (Å²) in [6.45, 7) is 0.0828. The van der Waals surface area contributed by atoms with Crippen LogP contribution in [0.15, 0.2) is 21.2 Å². The van der Waals surface area contributed by atoms with E-state index in [0.29, 0.717) is 12.2 Å². The third-order valence-corrected chi connectivity index (χ3v) is 1.81. The zero-order valence-electron chi connectivity index (χ0n) is 6.37. The van der Waals surface area contributed by atoms with Crippen LogP contribution in [0.3, 0.4) is 0 Å². The Hall–Kier alpha value is -0.0300. The van der Waals surface area contributed by atoms with Crippen molar-refractivity contribution < 1.29 is 9.52 Å². The molecule has 3 nitrogen and oxygen atoms in total. The smallest absolute Gasteiger partial charge is 0.121 e. The monoisotopic (exact) mass is 255 g/mol. The number of furan rings is 1. The van der Waals surface area contributed by atoms with Crippen LogP contribution >= 0.6 is 28.3 Å². The van der Waals surface area contributed by atoms with Crippen LogP contribution in [0.4, 0.5) is 0 Å².